The first-order valence-electron chi connectivity index (χ1n) is 3.69. The molecule has 1 rings (SSSR count). The highest BCUT2D eigenvalue weighted by Crippen LogP contribution is 2.40. The molecule has 0 N–H and O–H groups in total. The van der Waals surface area contributed by atoms with Crippen molar-refractivity contribution in [1.82, 2.24) is 0 Å². The molecule has 0 radical (unpaired) electrons. The Labute approximate surface area is 103 Å². The van der Waals surface area contributed by atoms with Gasteiger partial charge in [-0.25, -0.2) is 13.2 Å². The lowest BCUT2D eigenvalue weighted by atomic mass is 10.1. The first kappa shape index (κ1) is 13.8. The van der Waals surface area contributed by atoms with Gasteiger partial charge in [-0.3, -0.25) is 0 Å². The van der Waals surface area contributed by atoms with Gasteiger partial charge in [-0.1, -0.05) is 15.9 Å². The Kier molecular flexibility index (Phi) is 3.94. The summed E-state index contributed by atoms with van der Waals surface area (Å²) in [5, 5.41) is -0.644. The summed E-state index contributed by atoms with van der Waals surface area (Å²) in [4.78, 5) is 0. The van der Waals surface area contributed by atoms with Crippen LogP contribution in [0.25, 0.3) is 0 Å². The quantitative estimate of drug-likeness (QED) is 0.288. The summed E-state index contributed by atoms with van der Waals surface area (Å²) < 4.78 is 75.4. The smallest absolute Gasteiger partial charge is 0.205 e. The number of hydrogen-bond donors (Lipinski definition) is 0. The van der Waals surface area contributed by atoms with E-state index >= 15 is 0 Å². The second-order valence-electron chi connectivity index (χ2n) is 2.74. The predicted octanol–water partition coefficient (Wildman–Crippen LogP) is 4.78. The monoisotopic (exact) mass is 370 g/mol. The molecular weight excluding hydrogens is 370 g/mol. The van der Waals surface area contributed by atoms with Crippen molar-refractivity contribution in [3.8, 4) is 0 Å². The topological polar surface area (TPSA) is 0 Å². The van der Waals surface area contributed by atoms with Crippen LogP contribution in [0.3, 0.4) is 0 Å². The van der Waals surface area contributed by atoms with E-state index in [1.54, 1.807) is 0 Å². The van der Waals surface area contributed by atoms with E-state index in [0.717, 1.165) is 0 Å². The number of hydrogen-bond acceptors (Lipinski definition) is 0. The zero-order chi connectivity index (χ0) is 12.7. The molecule has 0 heterocycles. The Morgan fingerprint density at radius 3 is 1.81 bits per heavy atom. The number of halogens is 8. The maximum absolute atomic E-state index is 13.2. The minimum atomic E-state index is -5.09. The highest BCUT2D eigenvalue weighted by Gasteiger charge is 2.40. The molecule has 0 fully saturated rings. The van der Waals surface area contributed by atoms with E-state index in [1.165, 1.54) is 0 Å². The zero-order valence-electron chi connectivity index (χ0n) is 7.23. The summed E-state index contributed by atoms with van der Waals surface area (Å²) in [5.41, 5.74) is -2.90. The van der Waals surface area contributed by atoms with Gasteiger partial charge in [0.05, 0.1) is 10.0 Å². The van der Waals surface area contributed by atoms with Crippen LogP contribution < -0.4 is 0 Å². The van der Waals surface area contributed by atoms with Gasteiger partial charge in [-0.2, -0.15) is 13.2 Å². The minimum Gasteiger partial charge on any atom is -0.205 e. The van der Waals surface area contributed by atoms with Gasteiger partial charge in [0, 0.05) is 10.9 Å². The van der Waals surface area contributed by atoms with Crippen molar-refractivity contribution in [3.63, 3.8) is 0 Å². The summed E-state index contributed by atoms with van der Waals surface area (Å²) in [7, 11) is 0. The van der Waals surface area contributed by atoms with E-state index in [2.05, 4.69) is 31.9 Å². The molecule has 0 bridgehead atoms. The predicted molar refractivity (Wildman–Crippen MR) is 51.6 cm³/mol. The molecule has 0 aliphatic carbocycles. The normalized spacial score (nSPS) is 12.0. The lowest BCUT2D eigenvalue weighted by molar-refractivity contribution is -0.140. The molecule has 90 valence electrons. The van der Waals surface area contributed by atoms with Crippen molar-refractivity contribution in [2.24, 2.45) is 0 Å². The Hall–Kier alpha value is -0.240. The first-order chi connectivity index (χ1) is 7.21. The van der Waals surface area contributed by atoms with Gasteiger partial charge in [0.1, 0.15) is 0 Å². The lowest BCUT2D eigenvalue weighted by Crippen LogP contribution is -2.15. The molecule has 0 saturated heterocycles. The van der Waals surface area contributed by atoms with Crippen LogP contribution in [0.15, 0.2) is 4.47 Å². The van der Waals surface area contributed by atoms with Crippen molar-refractivity contribution in [3.05, 3.63) is 33.1 Å². The first-order valence-corrected chi connectivity index (χ1v) is 5.61. The number of alkyl halides is 4. The van der Waals surface area contributed by atoms with E-state index in [-0.39, 0.29) is 0 Å². The standard InChI is InChI=1S/C8H2Br2F6/c9-1-2-3(8(14,15)16)6(12)4(10)7(13)5(2)11/h1H2. The van der Waals surface area contributed by atoms with E-state index in [9.17, 15) is 26.3 Å². The Bertz CT molecular complexity index is 426. The molecule has 0 aliphatic heterocycles. The fraction of sp³-hybridized carbons (Fsp3) is 0.250. The van der Waals surface area contributed by atoms with Crippen LogP contribution in [0, 0.1) is 17.5 Å². The molecule has 0 aromatic heterocycles. The lowest BCUT2D eigenvalue weighted by Gasteiger charge is -2.14. The van der Waals surface area contributed by atoms with Crippen LogP contribution in [0.5, 0.6) is 0 Å². The summed E-state index contributed by atoms with van der Waals surface area (Å²) in [6, 6.07) is 0. The van der Waals surface area contributed by atoms with Crippen molar-refractivity contribution in [2.75, 3.05) is 0 Å². The van der Waals surface area contributed by atoms with Crippen molar-refractivity contribution in [1.29, 1.82) is 0 Å². The molecule has 0 amide bonds. The van der Waals surface area contributed by atoms with Gasteiger partial charge in [0.2, 0.25) is 0 Å². The summed E-state index contributed by atoms with van der Waals surface area (Å²) >= 11 is 4.79. The zero-order valence-corrected chi connectivity index (χ0v) is 10.4. The maximum atomic E-state index is 13.2. The maximum Gasteiger partial charge on any atom is 0.419 e. The highest BCUT2D eigenvalue weighted by atomic mass is 79.9. The van der Waals surface area contributed by atoms with Crippen LogP contribution in [-0.4, -0.2) is 0 Å². The molecule has 0 unspecified atom stereocenters. The summed E-state index contributed by atoms with van der Waals surface area (Å²) in [6.45, 7) is 0. The third-order valence-electron chi connectivity index (χ3n) is 1.78. The third-order valence-corrected chi connectivity index (χ3v) is 3.04. The van der Waals surface area contributed by atoms with Gasteiger partial charge >= 0.3 is 6.18 Å². The van der Waals surface area contributed by atoms with E-state index in [4.69, 9.17) is 0 Å². The molecule has 0 nitrogen and oxygen atoms in total. The van der Waals surface area contributed by atoms with Gasteiger partial charge < -0.3 is 0 Å². The largest absolute Gasteiger partial charge is 0.419 e. The second kappa shape index (κ2) is 4.56. The van der Waals surface area contributed by atoms with Crippen LogP contribution in [0.2, 0.25) is 0 Å². The summed E-state index contributed by atoms with van der Waals surface area (Å²) in [5.74, 6) is -5.27. The van der Waals surface area contributed by atoms with E-state index < -0.39 is 44.6 Å². The Balaban J connectivity index is 3.72. The molecule has 0 atom stereocenters. The van der Waals surface area contributed by atoms with E-state index in [0.29, 0.717) is 0 Å². The van der Waals surface area contributed by atoms with E-state index in [1.807, 2.05) is 0 Å². The van der Waals surface area contributed by atoms with Crippen molar-refractivity contribution in [2.45, 2.75) is 11.5 Å². The Morgan fingerprint density at radius 1 is 0.938 bits per heavy atom. The van der Waals surface area contributed by atoms with Gasteiger partial charge in [0.15, 0.2) is 17.5 Å². The van der Waals surface area contributed by atoms with Crippen LogP contribution in [0.4, 0.5) is 26.3 Å². The Morgan fingerprint density at radius 2 is 1.44 bits per heavy atom. The average Bonchev–Trinajstić information content (AvgIpc) is 2.18. The molecule has 0 spiro atoms. The SMILES string of the molecule is Fc1c(F)c(CBr)c(C(F)(F)F)c(F)c1Br. The minimum absolute atomic E-state index is 0.644. The second-order valence-corrected chi connectivity index (χ2v) is 4.09. The number of rotatable bonds is 1. The molecule has 0 saturated carbocycles. The highest BCUT2D eigenvalue weighted by molar-refractivity contribution is 9.10. The molecule has 1 aromatic carbocycles. The molecular formula is C8H2Br2F6. The molecule has 8 heteroatoms. The van der Waals surface area contributed by atoms with Crippen molar-refractivity contribution < 1.29 is 26.3 Å². The van der Waals surface area contributed by atoms with Crippen LogP contribution in [-0.2, 0) is 11.5 Å². The summed E-state index contributed by atoms with van der Waals surface area (Å²) in [6.07, 6.45) is -5.09. The van der Waals surface area contributed by atoms with Gasteiger partial charge in [-0.15, -0.1) is 0 Å². The molecule has 0 aliphatic rings. The van der Waals surface area contributed by atoms with Crippen molar-refractivity contribution >= 4 is 31.9 Å². The average molecular weight is 372 g/mol. The van der Waals surface area contributed by atoms with Crippen LogP contribution in [0.1, 0.15) is 11.1 Å². The van der Waals surface area contributed by atoms with Gasteiger partial charge in [-0.05, 0) is 15.9 Å². The molecule has 16 heavy (non-hydrogen) atoms. The fourth-order valence-corrected chi connectivity index (χ4v) is 2.00. The van der Waals surface area contributed by atoms with Crippen LogP contribution >= 0.6 is 31.9 Å². The van der Waals surface area contributed by atoms with Gasteiger partial charge in [0.25, 0.3) is 0 Å². The molecule has 1 aromatic rings. The number of benzene rings is 1. The third kappa shape index (κ3) is 2.22. The fourth-order valence-electron chi connectivity index (χ4n) is 1.10.